The molecule has 0 radical (unpaired) electrons. The number of methoxy groups -OCH3 is 2. The Balaban J connectivity index is 1.66. The quantitative estimate of drug-likeness (QED) is 0.443. The summed E-state index contributed by atoms with van der Waals surface area (Å²) in [4.78, 5) is 20.0. The Hall–Kier alpha value is -4.07. The third kappa shape index (κ3) is 4.42. The molecule has 158 valence electrons. The van der Waals surface area contributed by atoms with Crippen molar-refractivity contribution in [2.24, 2.45) is 0 Å². The maximum absolute atomic E-state index is 10.8. The molecule has 0 aliphatic heterocycles. The Kier molecular flexibility index (Phi) is 5.70. The zero-order valence-electron chi connectivity index (χ0n) is 17.2. The highest BCUT2D eigenvalue weighted by atomic mass is 16.5. The molecule has 0 bridgehead atoms. The van der Waals surface area contributed by atoms with Crippen LogP contribution in [-0.2, 0) is 11.2 Å². The Morgan fingerprint density at radius 3 is 2.55 bits per heavy atom. The summed E-state index contributed by atoms with van der Waals surface area (Å²) in [7, 11) is 3.20. The van der Waals surface area contributed by atoms with Crippen LogP contribution < -0.4 is 14.8 Å². The summed E-state index contributed by atoms with van der Waals surface area (Å²) in [6, 6.07) is 15.2. The number of imidazole rings is 1. The largest absolute Gasteiger partial charge is 0.493 e. The fraction of sp³-hybridized carbons (Fsp3) is 0.174. The van der Waals surface area contributed by atoms with Crippen molar-refractivity contribution in [3.8, 4) is 22.8 Å². The molecule has 0 aliphatic rings. The van der Waals surface area contributed by atoms with Crippen molar-refractivity contribution in [3.05, 3.63) is 66.5 Å². The first-order valence-corrected chi connectivity index (χ1v) is 9.71. The van der Waals surface area contributed by atoms with Crippen LogP contribution in [0.1, 0.15) is 12.0 Å². The minimum Gasteiger partial charge on any atom is -0.493 e. The van der Waals surface area contributed by atoms with E-state index in [1.165, 1.54) is 0 Å². The maximum atomic E-state index is 10.8. The van der Waals surface area contributed by atoms with Gasteiger partial charge in [0.25, 0.3) is 0 Å². The fourth-order valence-electron chi connectivity index (χ4n) is 3.29. The zero-order valence-corrected chi connectivity index (χ0v) is 17.2. The number of fused-ring (bicyclic) bond motifs is 1. The highest BCUT2D eigenvalue weighted by molar-refractivity contribution is 5.70. The Labute approximate surface area is 179 Å². The van der Waals surface area contributed by atoms with E-state index in [0.717, 1.165) is 28.2 Å². The molecular formula is C23H22N4O4. The summed E-state index contributed by atoms with van der Waals surface area (Å²) in [6.45, 7) is 0. The number of nitrogens with zero attached hydrogens (tertiary/aromatic N) is 3. The first kappa shape index (κ1) is 20.2. The average Bonchev–Trinajstić information content (AvgIpc) is 3.27. The van der Waals surface area contributed by atoms with Crippen molar-refractivity contribution >= 4 is 23.3 Å². The van der Waals surface area contributed by atoms with E-state index in [0.29, 0.717) is 23.9 Å². The lowest BCUT2D eigenvalue weighted by Gasteiger charge is -2.13. The van der Waals surface area contributed by atoms with Crippen LogP contribution in [0.4, 0.5) is 11.6 Å². The number of nitrogens with one attached hydrogen (secondary N) is 1. The summed E-state index contributed by atoms with van der Waals surface area (Å²) < 4.78 is 12.6. The number of rotatable bonds is 8. The standard InChI is InChI=1S/C23H22N4O4/c1-30-19-9-6-16(13-20(19)31-2)18-14-21-24-11-12-27(21)23(26-18)25-17-7-3-15(4-8-17)5-10-22(28)29/h3-4,6-9,11-14H,5,10H2,1-2H3,(H,25,26)(H,28,29). The van der Waals surface area contributed by atoms with Crippen LogP contribution in [0.3, 0.4) is 0 Å². The first-order valence-electron chi connectivity index (χ1n) is 9.71. The predicted octanol–water partition coefficient (Wildman–Crippen LogP) is 4.17. The van der Waals surface area contributed by atoms with E-state index in [4.69, 9.17) is 19.6 Å². The molecule has 0 spiro atoms. The molecule has 0 saturated heterocycles. The van der Waals surface area contributed by atoms with Gasteiger partial charge in [0, 0.05) is 36.1 Å². The molecule has 2 N–H and O–H groups in total. The number of carboxylic acids is 1. The van der Waals surface area contributed by atoms with E-state index in [-0.39, 0.29) is 6.42 Å². The van der Waals surface area contributed by atoms with Crippen molar-refractivity contribution in [3.63, 3.8) is 0 Å². The van der Waals surface area contributed by atoms with E-state index in [9.17, 15) is 4.79 Å². The number of anilines is 2. The lowest BCUT2D eigenvalue weighted by molar-refractivity contribution is -0.136. The van der Waals surface area contributed by atoms with Crippen molar-refractivity contribution in [1.29, 1.82) is 0 Å². The summed E-state index contributed by atoms with van der Waals surface area (Å²) in [5, 5.41) is 12.2. The lowest BCUT2D eigenvalue weighted by Crippen LogP contribution is -2.03. The monoisotopic (exact) mass is 418 g/mol. The number of hydrogen-bond donors (Lipinski definition) is 2. The number of hydrogen-bond acceptors (Lipinski definition) is 6. The molecule has 0 saturated carbocycles. The molecule has 0 amide bonds. The summed E-state index contributed by atoms with van der Waals surface area (Å²) in [5.41, 5.74) is 4.16. The second kappa shape index (κ2) is 8.74. The first-order chi connectivity index (χ1) is 15.1. The van der Waals surface area contributed by atoms with Crippen LogP contribution in [0.5, 0.6) is 11.5 Å². The maximum Gasteiger partial charge on any atom is 0.303 e. The van der Waals surface area contributed by atoms with Crippen molar-refractivity contribution in [2.45, 2.75) is 12.8 Å². The van der Waals surface area contributed by atoms with E-state index in [1.807, 2.05) is 59.1 Å². The topological polar surface area (TPSA) is 98.0 Å². The number of aromatic nitrogens is 3. The Morgan fingerprint density at radius 2 is 1.84 bits per heavy atom. The number of carboxylic acid groups (broad SMARTS) is 1. The second-order valence-corrected chi connectivity index (χ2v) is 6.91. The van der Waals surface area contributed by atoms with Gasteiger partial charge in [-0.1, -0.05) is 12.1 Å². The van der Waals surface area contributed by atoms with Crippen LogP contribution in [0.15, 0.2) is 60.9 Å². The molecule has 8 nitrogen and oxygen atoms in total. The van der Waals surface area contributed by atoms with Crippen LogP contribution in [0, 0.1) is 0 Å². The number of benzene rings is 2. The summed E-state index contributed by atoms with van der Waals surface area (Å²) >= 11 is 0. The van der Waals surface area contributed by atoms with Crippen molar-refractivity contribution in [2.75, 3.05) is 19.5 Å². The molecule has 0 fully saturated rings. The highest BCUT2D eigenvalue weighted by Gasteiger charge is 2.12. The Morgan fingerprint density at radius 1 is 1.06 bits per heavy atom. The van der Waals surface area contributed by atoms with Gasteiger partial charge in [-0.3, -0.25) is 9.20 Å². The van der Waals surface area contributed by atoms with Gasteiger partial charge in [0.2, 0.25) is 5.95 Å². The van der Waals surface area contributed by atoms with Gasteiger partial charge in [-0.25, -0.2) is 9.97 Å². The summed E-state index contributed by atoms with van der Waals surface area (Å²) in [5.74, 6) is 1.07. The van der Waals surface area contributed by atoms with E-state index in [2.05, 4.69) is 10.3 Å². The molecule has 2 aromatic carbocycles. The molecule has 2 aromatic heterocycles. The normalized spacial score (nSPS) is 10.8. The van der Waals surface area contributed by atoms with Gasteiger partial charge in [0.05, 0.1) is 19.9 Å². The van der Waals surface area contributed by atoms with Gasteiger partial charge < -0.3 is 19.9 Å². The van der Waals surface area contributed by atoms with Crippen LogP contribution in [0.2, 0.25) is 0 Å². The second-order valence-electron chi connectivity index (χ2n) is 6.91. The van der Waals surface area contributed by atoms with Gasteiger partial charge in [0.1, 0.15) is 5.65 Å². The fourth-order valence-corrected chi connectivity index (χ4v) is 3.29. The number of aliphatic carboxylic acids is 1. The van der Waals surface area contributed by atoms with E-state index < -0.39 is 5.97 Å². The number of aryl methyl sites for hydroxylation is 1. The van der Waals surface area contributed by atoms with Crippen LogP contribution in [-0.4, -0.2) is 39.7 Å². The van der Waals surface area contributed by atoms with Gasteiger partial charge in [-0.15, -0.1) is 0 Å². The van der Waals surface area contributed by atoms with Gasteiger partial charge in [-0.05, 0) is 42.3 Å². The molecule has 0 unspecified atom stereocenters. The average molecular weight is 418 g/mol. The molecule has 0 atom stereocenters. The minimum atomic E-state index is -0.805. The number of carbonyl (C=O) groups is 1. The lowest BCUT2D eigenvalue weighted by atomic mass is 10.1. The predicted molar refractivity (Wildman–Crippen MR) is 117 cm³/mol. The molecule has 4 aromatic rings. The molecule has 31 heavy (non-hydrogen) atoms. The molecule has 0 aliphatic carbocycles. The number of ether oxygens (including phenoxy) is 2. The third-order valence-electron chi connectivity index (χ3n) is 4.91. The third-order valence-corrected chi connectivity index (χ3v) is 4.91. The van der Waals surface area contributed by atoms with E-state index >= 15 is 0 Å². The Bertz CT molecular complexity index is 1220. The molecule has 8 heteroatoms. The smallest absolute Gasteiger partial charge is 0.303 e. The van der Waals surface area contributed by atoms with Crippen molar-refractivity contribution in [1.82, 2.24) is 14.4 Å². The van der Waals surface area contributed by atoms with Crippen LogP contribution >= 0.6 is 0 Å². The highest BCUT2D eigenvalue weighted by Crippen LogP contribution is 2.32. The van der Waals surface area contributed by atoms with Crippen molar-refractivity contribution < 1.29 is 19.4 Å². The molecule has 2 heterocycles. The van der Waals surface area contributed by atoms with E-state index in [1.54, 1.807) is 20.4 Å². The van der Waals surface area contributed by atoms with Crippen LogP contribution in [0.25, 0.3) is 16.9 Å². The van der Waals surface area contributed by atoms with Gasteiger partial charge in [0.15, 0.2) is 11.5 Å². The summed E-state index contributed by atoms with van der Waals surface area (Å²) in [6.07, 6.45) is 4.16. The molecular weight excluding hydrogens is 396 g/mol. The molecule has 4 rings (SSSR count). The van der Waals surface area contributed by atoms with Gasteiger partial charge in [-0.2, -0.15) is 0 Å². The minimum absolute atomic E-state index is 0.108. The van der Waals surface area contributed by atoms with Gasteiger partial charge >= 0.3 is 5.97 Å². The SMILES string of the molecule is COc1ccc(-c2cc3nccn3c(Nc3ccc(CCC(=O)O)cc3)n2)cc1OC. The zero-order chi connectivity index (χ0) is 21.8.